The molecule has 0 bridgehead atoms. The fourth-order valence-corrected chi connectivity index (χ4v) is 3.48. The second-order valence-corrected chi connectivity index (χ2v) is 8.21. The molecule has 6 N–H and O–H groups in total. The van der Waals surface area contributed by atoms with Gasteiger partial charge in [-0.1, -0.05) is 20.4 Å². The Labute approximate surface area is 162 Å². The van der Waals surface area contributed by atoms with Crippen LogP contribution in [0, 0.1) is 5.41 Å². The lowest BCUT2D eigenvalue weighted by molar-refractivity contribution is -0.150. The van der Waals surface area contributed by atoms with E-state index in [1.165, 1.54) is 0 Å². The van der Waals surface area contributed by atoms with Crippen molar-refractivity contribution in [3.63, 3.8) is 0 Å². The van der Waals surface area contributed by atoms with Crippen LogP contribution in [0.5, 0.6) is 0 Å². The highest BCUT2D eigenvalue weighted by atomic mass is 16.4. The van der Waals surface area contributed by atoms with Gasteiger partial charge < -0.3 is 26.5 Å². The molecule has 7 nitrogen and oxygen atoms in total. The SMILES string of the molecule is C=C(NCCCN)c1[nH]c(C2(C)CCC(C)(C(=O)O)CC2)nc1NCCC. The summed E-state index contributed by atoms with van der Waals surface area (Å²) < 4.78 is 0. The molecule has 1 heterocycles. The van der Waals surface area contributed by atoms with Crippen LogP contribution in [0.15, 0.2) is 6.58 Å². The lowest BCUT2D eigenvalue weighted by atomic mass is 9.65. The van der Waals surface area contributed by atoms with Crippen molar-refractivity contribution in [2.45, 2.75) is 64.7 Å². The smallest absolute Gasteiger partial charge is 0.309 e. The summed E-state index contributed by atoms with van der Waals surface area (Å²) >= 11 is 0. The van der Waals surface area contributed by atoms with Crippen LogP contribution in [0.4, 0.5) is 5.82 Å². The first kappa shape index (κ1) is 21.3. The highest BCUT2D eigenvalue weighted by Gasteiger charge is 2.44. The van der Waals surface area contributed by atoms with E-state index in [4.69, 9.17) is 10.7 Å². The van der Waals surface area contributed by atoms with Crippen LogP contribution >= 0.6 is 0 Å². The summed E-state index contributed by atoms with van der Waals surface area (Å²) in [7, 11) is 0. The van der Waals surface area contributed by atoms with Crippen LogP contribution in [0.2, 0.25) is 0 Å². The first-order chi connectivity index (χ1) is 12.8. The van der Waals surface area contributed by atoms with Gasteiger partial charge in [0.05, 0.1) is 11.1 Å². The maximum Gasteiger partial charge on any atom is 0.309 e. The first-order valence-electron chi connectivity index (χ1n) is 9.97. The molecule has 0 spiro atoms. The zero-order chi connectivity index (χ0) is 20.1. The molecule has 1 fully saturated rings. The Morgan fingerprint density at radius 3 is 2.52 bits per heavy atom. The number of nitrogens with two attached hydrogens (primary N) is 1. The van der Waals surface area contributed by atoms with Crippen molar-refractivity contribution in [3.05, 3.63) is 18.1 Å². The molecule has 152 valence electrons. The Hall–Kier alpha value is -2.02. The molecule has 1 aliphatic carbocycles. The Kier molecular flexibility index (Phi) is 6.92. The van der Waals surface area contributed by atoms with E-state index in [0.717, 1.165) is 61.8 Å². The van der Waals surface area contributed by atoms with Crippen LogP contribution in [0.1, 0.15) is 70.8 Å². The highest BCUT2D eigenvalue weighted by Crippen LogP contribution is 2.46. The monoisotopic (exact) mass is 377 g/mol. The first-order valence-corrected chi connectivity index (χ1v) is 9.97. The summed E-state index contributed by atoms with van der Waals surface area (Å²) in [5, 5.41) is 16.2. The molecule has 1 aromatic heterocycles. The number of hydrogen-bond acceptors (Lipinski definition) is 5. The quantitative estimate of drug-likeness (QED) is 0.400. The summed E-state index contributed by atoms with van der Waals surface area (Å²) in [6.45, 7) is 12.5. The molecule has 0 saturated heterocycles. The standard InChI is InChI=1S/C20H35N5O2/c1-5-12-23-16-15(14(2)22-13-6-11-21)24-17(25-16)19(3)7-9-20(4,10-8-19)18(26)27/h22-23H,2,5-13,21H2,1,3-4H3,(H,24,25)(H,26,27). The zero-order valence-corrected chi connectivity index (χ0v) is 17.0. The fourth-order valence-electron chi connectivity index (χ4n) is 3.48. The molecule has 0 aromatic carbocycles. The lowest BCUT2D eigenvalue weighted by Gasteiger charge is -2.39. The summed E-state index contributed by atoms with van der Waals surface area (Å²) in [4.78, 5) is 19.9. The second kappa shape index (κ2) is 8.78. The Morgan fingerprint density at radius 2 is 1.96 bits per heavy atom. The van der Waals surface area contributed by atoms with Crippen molar-refractivity contribution in [1.82, 2.24) is 15.3 Å². The van der Waals surface area contributed by atoms with Gasteiger partial charge in [-0.05, 0) is 52.0 Å². The van der Waals surface area contributed by atoms with Crippen LogP contribution in [0.3, 0.4) is 0 Å². The number of hydrogen-bond donors (Lipinski definition) is 5. The Bertz CT molecular complexity index is 659. The normalized spacial score (nSPS) is 25.2. The molecule has 0 atom stereocenters. The number of anilines is 1. The molecule has 1 saturated carbocycles. The third kappa shape index (κ3) is 4.83. The van der Waals surface area contributed by atoms with Crippen LogP contribution in [0.25, 0.3) is 5.70 Å². The van der Waals surface area contributed by atoms with E-state index in [-0.39, 0.29) is 5.41 Å². The van der Waals surface area contributed by atoms with Gasteiger partial charge in [0.25, 0.3) is 0 Å². The van der Waals surface area contributed by atoms with Crippen molar-refractivity contribution >= 4 is 17.5 Å². The van der Waals surface area contributed by atoms with Gasteiger partial charge in [0.1, 0.15) is 11.5 Å². The number of carboxylic acid groups (broad SMARTS) is 1. The van der Waals surface area contributed by atoms with Gasteiger partial charge in [0.2, 0.25) is 0 Å². The number of aromatic nitrogens is 2. The number of H-pyrrole nitrogens is 1. The van der Waals surface area contributed by atoms with Crippen molar-refractivity contribution in [1.29, 1.82) is 0 Å². The van der Waals surface area contributed by atoms with E-state index in [1.807, 2.05) is 6.92 Å². The minimum absolute atomic E-state index is 0.159. The molecule has 1 aromatic rings. The number of imidazole rings is 1. The van der Waals surface area contributed by atoms with E-state index < -0.39 is 11.4 Å². The number of nitrogens with one attached hydrogen (secondary N) is 3. The van der Waals surface area contributed by atoms with Gasteiger partial charge in [0.15, 0.2) is 5.82 Å². The number of aliphatic carboxylic acids is 1. The zero-order valence-electron chi connectivity index (χ0n) is 17.0. The molecule has 1 aliphatic rings. The summed E-state index contributed by atoms with van der Waals surface area (Å²) in [5.74, 6) is 1.02. The van der Waals surface area contributed by atoms with Crippen molar-refractivity contribution in [2.24, 2.45) is 11.1 Å². The van der Waals surface area contributed by atoms with E-state index in [9.17, 15) is 9.90 Å². The number of carboxylic acids is 1. The van der Waals surface area contributed by atoms with E-state index in [1.54, 1.807) is 0 Å². The van der Waals surface area contributed by atoms with E-state index in [0.29, 0.717) is 19.4 Å². The Balaban J connectivity index is 2.21. The molecule has 0 amide bonds. The van der Waals surface area contributed by atoms with Crippen LogP contribution in [-0.4, -0.2) is 40.7 Å². The van der Waals surface area contributed by atoms with E-state index in [2.05, 4.69) is 36.0 Å². The minimum atomic E-state index is -0.701. The molecule has 0 unspecified atom stereocenters. The number of rotatable bonds is 10. The topological polar surface area (TPSA) is 116 Å². The van der Waals surface area contributed by atoms with Crippen LogP contribution < -0.4 is 16.4 Å². The van der Waals surface area contributed by atoms with Gasteiger partial charge >= 0.3 is 5.97 Å². The maximum absolute atomic E-state index is 11.6. The maximum atomic E-state index is 11.6. The third-order valence-corrected chi connectivity index (χ3v) is 5.81. The Morgan fingerprint density at radius 1 is 1.30 bits per heavy atom. The predicted octanol–water partition coefficient (Wildman–Crippen LogP) is 3.06. The largest absolute Gasteiger partial charge is 0.481 e. The predicted molar refractivity (Wildman–Crippen MR) is 110 cm³/mol. The number of nitrogens with zero attached hydrogens (tertiary/aromatic N) is 1. The third-order valence-electron chi connectivity index (χ3n) is 5.81. The number of aromatic amines is 1. The molecule has 0 radical (unpaired) electrons. The lowest BCUT2D eigenvalue weighted by Crippen LogP contribution is -2.38. The average Bonchev–Trinajstić information content (AvgIpc) is 3.08. The van der Waals surface area contributed by atoms with Crippen molar-refractivity contribution < 1.29 is 9.90 Å². The van der Waals surface area contributed by atoms with Gasteiger partial charge in [0, 0.05) is 18.5 Å². The second-order valence-electron chi connectivity index (χ2n) is 8.21. The summed E-state index contributed by atoms with van der Waals surface area (Å²) in [5.41, 5.74) is 6.45. The van der Waals surface area contributed by atoms with Crippen molar-refractivity contribution in [3.8, 4) is 0 Å². The summed E-state index contributed by atoms with van der Waals surface area (Å²) in [6.07, 6.45) is 4.78. The molecule has 0 aliphatic heterocycles. The van der Waals surface area contributed by atoms with Gasteiger partial charge in [-0.25, -0.2) is 4.98 Å². The highest BCUT2D eigenvalue weighted by molar-refractivity contribution is 5.74. The number of carbonyl (C=O) groups is 1. The average molecular weight is 378 g/mol. The van der Waals surface area contributed by atoms with Gasteiger partial charge in [-0.3, -0.25) is 4.79 Å². The summed E-state index contributed by atoms with van der Waals surface area (Å²) in [6, 6.07) is 0. The minimum Gasteiger partial charge on any atom is -0.481 e. The molecular weight excluding hydrogens is 342 g/mol. The molecule has 2 rings (SSSR count). The van der Waals surface area contributed by atoms with Crippen LogP contribution in [-0.2, 0) is 10.2 Å². The molecular formula is C20H35N5O2. The van der Waals surface area contributed by atoms with Gasteiger partial charge in [-0.2, -0.15) is 0 Å². The molecule has 27 heavy (non-hydrogen) atoms. The van der Waals surface area contributed by atoms with Crippen molar-refractivity contribution in [2.75, 3.05) is 25.0 Å². The van der Waals surface area contributed by atoms with Gasteiger partial charge in [-0.15, -0.1) is 0 Å². The van der Waals surface area contributed by atoms with E-state index >= 15 is 0 Å². The fraction of sp³-hybridized carbons (Fsp3) is 0.700. The molecule has 7 heteroatoms.